The largest absolute Gasteiger partial charge is 0.311 e. The van der Waals surface area contributed by atoms with Crippen molar-refractivity contribution in [3.05, 3.63) is 516 Å². The number of hydrogen-bond acceptors (Lipinski definition) is 7. The van der Waals surface area contributed by atoms with E-state index in [1.165, 1.54) is 0 Å². The monoisotopic (exact) mass is 1550 g/mol. The molecule has 7 heteroatoms. The van der Waals surface area contributed by atoms with Crippen molar-refractivity contribution in [2.75, 3.05) is 34.3 Å². The summed E-state index contributed by atoms with van der Waals surface area (Å²) in [5, 5.41) is 0. The summed E-state index contributed by atoms with van der Waals surface area (Å²) in [7, 11) is 0. The van der Waals surface area contributed by atoms with E-state index in [4.69, 9.17) is 0 Å². The molecule has 0 heterocycles. The predicted molar refractivity (Wildman–Crippen MR) is 511 cm³/mol. The number of rotatable bonds is 25. The van der Waals surface area contributed by atoms with Crippen molar-refractivity contribution in [3.8, 4) is 44.5 Å². The lowest BCUT2D eigenvalue weighted by molar-refractivity contribution is 1.24. The molecule has 0 amide bonds. The first-order chi connectivity index (χ1) is 60.0. The number of para-hydroxylation sites is 10. The highest BCUT2D eigenvalue weighted by atomic mass is 15.2. The van der Waals surface area contributed by atoms with Crippen LogP contribution in [0.3, 0.4) is 0 Å². The Morgan fingerprint density at radius 3 is 0.364 bits per heavy atom. The highest BCUT2D eigenvalue weighted by molar-refractivity contribution is 5.90. The Bertz CT molecular complexity index is 6120. The summed E-state index contributed by atoms with van der Waals surface area (Å²) >= 11 is 0. The van der Waals surface area contributed by atoms with E-state index < -0.39 is 0 Å². The molecule has 0 bridgehead atoms. The lowest BCUT2D eigenvalue weighted by Gasteiger charge is -2.30. The van der Waals surface area contributed by atoms with Gasteiger partial charge in [0.2, 0.25) is 0 Å². The summed E-state index contributed by atoms with van der Waals surface area (Å²) in [6.07, 6.45) is 0. The third-order valence-corrected chi connectivity index (χ3v) is 22.1. The van der Waals surface area contributed by atoms with Crippen molar-refractivity contribution < 1.29 is 0 Å². The van der Waals surface area contributed by atoms with Gasteiger partial charge in [0.15, 0.2) is 0 Å². The molecule has 0 radical (unpaired) electrons. The zero-order chi connectivity index (χ0) is 80.9. The van der Waals surface area contributed by atoms with Crippen molar-refractivity contribution in [2.45, 2.75) is 0 Å². The van der Waals surface area contributed by atoms with Gasteiger partial charge in [0.25, 0.3) is 0 Å². The molecule has 19 aromatic rings. The number of hydrogen-bond donors (Lipinski definition) is 0. The van der Waals surface area contributed by atoms with E-state index in [0.29, 0.717) is 0 Å². The second-order valence-electron chi connectivity index (χ2n) is 29.8. The first-order valence-electron chi connectivity index (χ1n) is 41.1. The van der Waals surface area contributed by atoms with Gasteiger partial charge < -0.3 is 34.3 Å². The summed E-state index contributed by atoms with van der Waals surface area (Å²) in [6, 6.07) is 185. The minimum absolute atomic E-state index is 1.01. The smallest absolute Gasteiger partial charge is 0.0467 e. The average molecular weight is 1550 g/mol. The van der Waals surface area contributed by atoms with Gasteiger partial charge in [-0.3, -0.25) is 0 Å². The fourth-order valence-electron chi connectivity index (χ4n) is 16.3. The van der Waals surface area contributed by atoms with E-state index in [-0.39, 0.29) is 0 Å². The zero-order valence-electron chi connectivity index (χ0n) is 66.7. The number of anilines is 21. The van der Waals surface area contributed by atoms with E-state index in [1.54, 1.807) is 0 Å². The summed E-state index contributed by atoms with van der Waals surface area (Å²) < 4.78 is 0. The molecule has 0 fully saturated rings. The highest BCUT2D eigenvalue weighted by Gasteiger charge is 2.23. The lowest BCUT2D eigenvalue weighted by Crippen LogP contribution is -2.13. The van der Waals surface area contributed by atoms with E-state index in [2.05, 4.69) is 550 Å². The number of benzene rings is 19. The van der Waals surface area contributed by atoms with Crippen molar-refractivity contribution in [1.82, 2.24) is 0 Å². The Morgan fingerprint density at radius 2 is 0.198 bits per heavy atom. The van der Waals surface area contributed by atoms with Gasteiger partial charge in [0.1, 0.15) is 0 Å². The minimum atomic E-state index is 1.01. The Kier molecular flexibility index (Phi) is 21.7. The SMILES string of the molecule is c1ccc(N(c2ccccc2)c2ccc(-c3cc(-c4ccc(N(c5ccccc5)c5ccccc5)cc4)cc(-c4ccc(N(c5ccccc5)c5ccc(-c6cccc(N(c7ccccc7)c7ccc(N(c8ccc(N(c9ccccc9)c9ccccc9)cc8)c8ccc(N(c9ccccc9)c9ccccc9)cc8)cc7)c6)cc5)cc4)c3)cc2)cc1. The maximum atomic E-state index is 2.35. The maximum Gasteiger partial charge on any atom is 0.0467 e. The lowest BCUT2D eigenvalue weighted by atomic mass is 9.93. The average Bonchev–Trinajstić information content (AvgIpc) is 0.785. The van der Waals surface area contributed by atoms with Crippen LogP contribution in [0.2, 0.25) is 0 Å². The second-order valence-corrected chi connectivity index (χ2v) is 29.8. The van der Waals surface area contributed by atoms with Gasteiger partial charge in [0.05, 0.1) is 0 Å². The zero-order valence-corrected chi connectivity index (χ0v) is 66.7. The Morgan fingerprint density at radius 1 is 0.0744 bits per heavy atom. The maximum absolute atomic E-state index is 2.35. The first kappa shape index (κ1) is 74.9. The van der Waals surface area contributed by atoms with Gasteiger partial charge in [-0.05, 0) is 317 Å². The van der Waals surface area contributed by atoms with Crippen LogP contribution in [0.4, 0.5) is 119 Å². The van der Waals surface area contributed by atoms with Gasteiger partial charge in [-0.25, -0.2) is 0 Å². The third kappa shape index (κ3) is 16.4. The van der Waals surface area contributed by atoms with E-state index in [1.807, 2.05) is 0 Å². The van der Waals surface area contributed by atoms with Gasteiger partial charge in [-0.15, -0.1) is 0 Å². The molecular formula is C114H85N7. The molecule has 7 nitrogen and oxygen atoms in total. The van der Waals surface area contributed by atoms with Crippen LogP contribution in [0.1, 0.15) is 0 Å². The molecule has 576 valence electrons. The molecule has 0 atom stereocenters. The quantitative estimate of drug-likeness (QED) is 0.0562. The topological polar surface area (TPSA) is 22.7 Å². The molecule has 19 aromatic carbocycles. The van der Waals surface area contributed by atoms with Gasteiger partial charge in [0, 0.05) is 119 Å². The van der Waals surface area contributed by atoms with Crippen LogP contribution < -0.4 is 34.3 Å². The first-order valence-corrected chi connectivity index (χ1v) is 41.1. The van der Waals surface area contributed by atoms with Gasteiger partial charge in [-0.2, -0.15) is 0 Å². The van der Waals surface area contributed by atoms with Crippen LogP contribution in [0, 0.1) is 0 Å². The fraction of sp³-hybridized carbons (Fsp3) is 0. The second kappa shape index (κ2) is 35.1. The molecule has 19 rings (SSSR count). The molecule has 0 aliphatic carbocycles. The Hall–Kier alpha value is -16.2. The van der Waals surface area contributed by atoms with Crippen LogP contribution in [0.15, 0.2) is 516 Å². The standard InChI is InChI=1S/C114H85N7/c1-11-33-94(34-12-1)115(95-35-13-2-14-36-95)104-64-56-87(57-65-104)91-82-92(88-58-66-105(67-59-88)116(96-37-15-3-16-38-96)97-39-17-4-18-40-97)84-93(83-91)89-60-68-107(69-61-89)119(102-49-27-9-28-50-102)106-62-54-86(55-63-106)90-32-31-53-114(85-90)121(103-51-29-10-30-52-103)113-80-78-112(79-81-113)120(110-74-70-108(71-75-110)117(98-41-19-5-20-42-98)99-43-21-6-22-44-99)111-76-72-109(73-77-111)118(100-45-23-7-24-46-100)101-47-25-8-26-48-101/h1-85H. The molecule has 0 aromatic heterocycles. The summed E-state index contributed by atoms with van der Waals surface area (Å²) in [5.41, 5.74) is 31.2. The van der Waals surface area contributed by atoms with Crippen molar-refractivity contribution in [2.24, 2.45) is 0 Å². The molecule has 0 saturated carbocycles. The van der Waals surface area contributed by atoms with Crippen LogP contribution in [-0.4, -0.2) is 0 Å². The molecule has 0 aliphatic heterocycles. The summed E-state index contributed by atoms with van der Waals surface area (Å²) in [6.45, 7) is 0. The van der Waals surface area contributed by atoms with Crippen LogP contribution in [0.25, 0.3) is 44.5 Å². The molecule has 0 aliphatic rings. The van der Waals surface area contributed by atoms with E-state index in [9.17, 15) is 0 Å². The van der Waals surface area contributed by atoms with Crippen molar-refractivity contribution in [1.29, 1.82) is 0 Å². The van der Waals surface area contributed by atoms with Crippen molar-refractivity contribution in [3.63, 3.8) is 0 Å². The van der Waals surface area contributed by atoms with Gasteiger partial charge >= 0.3 is 0 Å². The third-order valence-electron chi connectivity index (χ3n) is 22.1. The molecule has 0 N–H and O–H groups in total. The molecule has 121 heavy (non-hydrogen) atoms. The Labute approximate surface area is 709 Å². The molecular weight excluding hydrogens is 1470 g/mol. The van der Waals surface area contributed by atoms with Crippen molar-refractivity contribution >= 4 is 119 Å². The normalized spacial score (nSPS) is 11.0. The Balaban J connectivity index is 0.635. The van der Waals surface area contributed by atoms with Gasteiger partial charge in [-0.1, -0.05) is 243 Å². The van der Waals surface area contributed by atoms with Crippen LogP contribution >= 0.6 is 0 Å². The predicted octanol–water partition coefficient (Wildman–Crippen LogP) is 32.6. The van der Waals surface area contributed by atoms with Crippen LogP contribution in [0.5, 0.6) is 0 Å². The summed E-state index contributed by atoms with van der Waals surface area (Å²) in [5.74, 6) is 0. The van der Waals surface area contributed by atoms with E-state index in [0.717, 1.165) is 164 Å². The van der Waals surface area contributed by atoms with Crippen LogP contribution in [-0.2, 0) is 0 Å². The molecule has 0 spiro atoms. The number of nitrogens with zero attached hydrogens (tertiary/aromatic N) is 7. The minimum Gasteiger partial charge on any atom is -0.311 e. The molecule has 0 unspecified atom stereocenters. The van der Waals surface area contributed by atoms with E-state index >= 15 is 0 Å². The molecule has 0 saturated heterocycles. The summed E-state index contributed by atoms with van der Waals surface area (Å²) in [4.78, 5) is 16.3. The fourth-order valence-corrected chi connectivity index (χ4v) is 16.3. The highest BCUT2D eigenvalue weighted by Crippen LogP contribution is 2.47.